The zero-order chi connectivity index (χ0) is 13.0. The van der Waals surface area contributed by atoms with Gasteiger partial charge in [-0.2, -0.15) is 5.10 Å². The fourth-order valence-electron chi connectivity index (χ4n) is 1.36. The molecule has 1 aromatic rings. The van der Waals surface area contributed by atoms with Crippen LogP contribution in [-0.2, 0) is 4.79 Å². The highest BCUT2D eigenvalue weighted by Gasteiger charge is 2.15. The van der Waals surface area contributed by atoms with Crippen molar-refractivity contribution in [3.05, 3.63) is 33.8 Å². The van der Waals surface area contributed by atoms with E-state index in [4.69, 9.17) is 23.2 Å². The number of amides is 1. The first-order valence-electron chi connectivity index (χ1n) is 5.17. The molecular formula is C10H11Cl2N5O. The third kappa shape index (κ3) is 3.33. The molecule has 1 amide bonds. The zero-order valence-corrected chi connectivity index (χ0v) is 10.7. The van der Waals surface area contributed by atoms with Gasteiger partial charge in [-0.05, 0) is 12.1 Å². The molecule has 6 nitrogen and oxygen atoms in total. The fourth-order valence-corrected chi connectivity index (χ4v) is 1.85. The maximum absolute atomic E-state index is 11.1. The first kappa shape index (κ1) is 13.1. The molecule has 4 N–H and O–H groups in total. The van der Waals surface area contributed by atoms with Crippen molar-refractivity contribution in [2.45, 2.75) is 6.29 Å². The molecule has 0 aliphatic carbocycles. The van der Waals surface area contributed by atoms with Crippen LogP contribution in [0.1, 0.15) is 5.56 Å². The van der Waals surface area contributed by atoms with Crippen LogP contribution < -0.4 is 21.6 Å². The minimum atomic E-state index is -0.483. The molecule has 1 aliphatic rings. The molecule has 0 aromatic heterocycles. The van der Waals surface area contributed by atoms with Gasteiger partial charge in [-0.1, -0.05) is 29.3 Å². The molecule has 1 aromatic carbocycles. The molecule has 0 spiro atoms. The second-order valence-corrected chi connectivity index (χ2v) is 4.34. The van der Waals surface area contributed by atoms with Gasteiger partial charge >= 0.3 is 0 Å². The van der Waals surface area contributed by atoms with Crippen molar-refractivity contribution < 1.29 is 4.79 Å². The Kier molecular flexibility index (Phi) is 4.38. The average Bonchev–Trinajstić information content (AvgIpc) is 2.33. The lowest BCUT2D eigenvalue weighted by Gasteiger charge is -2.24. The van der Waals surface area contributed by atoms with Gasteiger partial charge in [-0.3, -0.25) is 10.2 Å². The van der Waals surface area contributed by atoms with Gasteiger partial charge in [0.25, 0.3) is 0 Å². The Morgan fingerprint density at radius 3 is 2.78 bits per heavy atom. The van der Waals surface area contributed by atoms with E-state index >= 15 is 0 Å². The van der Waals surface area contributed by atoms with E-state index in [0.29, 0.717) is 15.6 Å². The Bertz CT molecular complexity index is 459. The number of benzene rings is 1. The summed E-state index contributed by atoms with van der Waals surface area (Å²) in [5.74, 6) is -0.128. The number of carbonyl (C=O) groups is 1. The third-order valence-corrected chi connectivity index (χ3v) is 2.86. The maximum Gasteiger partial charge on any atom is 0.238 e. The van der Waals surface area contributed by atoms with Crippen molar-refractivity contribution in [1.29, 1.82) is 0 Å². The number of halogens is 2. The minimum Gasteiger partial charge on any atom is -0.320 e. The van der Waals surface area contributed by atoms with Gasteiger partial charge in [0.05, 0.1) is 22.8 Å². The van der Waals surface area contributed by atoms with E-state index in [1.54, 1.807) is 18.2 Å². The largest absolute Gasteiger partial charge is 0.320 e. The summed E-state index contributed by atoms with van der Waals surface area (Å²) in [5, 5.41) is 7.60. The molecule has 1 unspecified atom stereocenters. The first-order chi connectivity index (χ1) is 8.66. The summed E-state index contributed by atoms with van der Waals surface area (Å²) in [6, 6.07) is 5.19. The number of carbonyl (C=O) groups excluding carboxylic acids is 1. The molecule has 1 atom stereocenters. The average molecular weight is 288 g/mol. The standard InChI is InChI=1S/C10H11Cl2N5O/c11-7-2-1-3-8(12)6(7)4-13-16-10-15-9(18)5-14-17-10/h1-4,10,14,16-17H,5H2,(H,15,18)/b13-4+. The lowest BCUT2D eigenvalue weighted by atomic mass is 10.2. The molecule has 0 saturated carbocycles. The van der Waals surface area contributed by atoms with Crippen LogP contribution >= 0.6 is 23.2 Å². The molecule has 96 valence electrons. The number of nitrogens with one attached hydrogen (secondary N) is 4. The SMILES string of the molecule is O=C1CNNC(N/N=C/c2c(Cl)cccc2Cl)N1. The number of hydrazine groups is 1. The molecule has 1 aliphatic heterocycles. The molecule has 8 heteroatoms. The Hall–Kier alpha value is -1.34. The van der Waals surface area contributed by atoms with Gasteiger partial charge in [0, 0.05) is 5.56 Å². The van der Waals surface area contributed by atoms with E-state index in [0.717, 1.165) is 0 Å². The van der Waals surface area contributed by atoms with Crippen molar-refractivity contribution in [1.82, 2.24) is 21.6 Å². The van der Waals surface area contributed by atoms with Crippen molar-refractivity contribution in [3.8, 4) is 0 Å². The van der Waals surface area contributed by atoms with Gasteiger partial charge in [0.1, 0.15) is 0 Å². The molecule has 1 saturated heterocycles. The van der Waals surface area contributed by atoms with Crippen LogP contribution in [0, 0.1) is 0 Å². The predicted octanol–water partition coefficient (Wildman–Crippen LogP) is 0.425. The van der Waals surface area contributed by atoms with Crippen LogP contribution in [0.4, 0.5) is 0 Å². The molecule has 1 fully saturated rings. The van der Waals surface area contributed by atoms with Crippen molar-refractivity contribution in [2.75, 3.05) is 6.54 Å². The van der Waals surface area contributed by atoms with E-state index in [1.807, 2.05) is 0 Å². The highest BCUT2D eigenvalue weighted by molar-refractivity contribution is 6.38. The van der Waals surface area contributed by atoms with Crippen LogP contribution in [0.5, 0.6) is 0 Å². The summed E-state index contributed by atoms with van der Waals surface area (Å²) in [6.45, 7) is 0.220. The first-order valence-corrected chi connectivity index (χ1v) is 5.93. The molecule has 0 bridgehead atoms. The van der Waals surface area contributed by atoms with Crippen LogP contribution in [-0.4, -0.2) is 25.0 Å². The predicted molar refractivity (Wildman–Crippen MR) is 70.3 cm³/mol. The summed E-state index contributed by atoms with van der Waals surface area (Å²) in [6.07, 6.45) is 1.01. The molecule has 18 heavy (non-hydrogen) atoms. The van der Waals surface area contributed by atoms with Gasteiger partial charge in [-0.25, -0.2) is 10.9 Å². The number of rotatable bonds is 3. The smallest absolute Gasteiger partial charge is 0.238 e. The van der Waals surface area contributed by atoms with E-state index < -0.39 is 6.29 Å². The Morgan fingerprint density at radius 1 is 1.39 bits per heavy atom. The summed E-state index contributed by atoms with van der Waals surface area (Å²) >= 11 is 11.9. The van der Waals surface area contributed by atoms with E-state index in [-0.39, 0.29) is 12.5 Å². The summed E-state index contributed by atoms with van der Waals surface area (Å²) in [5.41, 5.74) is 8.81. The highest BCUT2D eigenvalue weighted by Crippen LogP contribution is 2.21. The van der Waals surface area contributed by atoms with Crippen molar-refractivity contribution in [3.63, 3.8) is 0 Å². The van der Waals surface area contributed by atoms with Gasteiger partial charge in [-0.15, -0.1) is 0 Å². The van der Waals surface area contributed by atoms with E-state index in [9.17, 15) is 4.79 Å². The fraction of sp³-hybridized carbons (Fsp3) is 0.200. The highest BCUT2D eigenvalue weighted by atomic mass is 35.5. The lowest BCUT2D eigenvalue weighted by molar-refractivity contribution is -0.123. The summed E-state index contributed by atoms with van der Waals surface area (Å²) in [4.78, 5) is 11.1. The van der Waals surface area contributed by atoms with E-state index in [1.165, 1.54) is 6.21 Å². The van der Waals surface area contributed by atoms with Crippen LogP contribution in [0.2, 0.25) is 10.0 Å². The number of nitrogens with zero attached hydrogens (tertiary/aromatic N) is 1. The number of hydrogen-bond donors (Lipinski definition) is 4. The van der Waals surface area contributed by atoms with Gasteiger partial charge in [0.2, 0.25) is 5.91 Å². The van der Waals surface area contributed by atoms with E-state index in [2.05, 4.69) is 26.7 Å². The Balaban J connectivity index is 1.97. The topological polar surface area (TPSA) is 77.6 Å². The third-order valence-electron chi connectivity index (χ3n) is 2.20. The molecule has 1 heterocycles. The minimum absolute atomic E-state index is 0.128. The second-order valence-electron chi connectivity index (χ2n) is 3.52. The monoisotopic (exact) mass is 287 g/mol. The van der Waals surface area contributed by atoms with Crippen LogP contribution in [0.25, 0.3) is 0 Å². The Labute approximate surface area is 114 Å². The molecular weight excluding hydrogens is 277 g/mol. The van der Waals surface area contributed by atoms with Gasteiger partial charge in [0.15, 0.2) is 6.29 Å². The number of hydrogen-bond acceptors (Lipinski definition) is 5. The van der Waals surface area contributed by atoms with Crippen molar-refractivity contribution in [2.24, 2.45) is 5.10 Å². The lowest BCUT2D eigenvalue weighted by Crippen LogP contribution is -2.64. The quantitative estimate of drug-likeness (QED) is 0.480. The zero-order valence-electron chi connectivity index (χ0n) is 9.21. The summed E-state index contributed by atoms with van der Waals surface area (Å²) < 4.78 is 0. The van der Waals surface area contributed by atoms with Crippen molar-refractivity contribution >= 4 is 35.3 Å². The normalized spacial score (nSPS) is 19.9. The second kappa shape index (κ2) is 6.01. The Morgan fingerprint density at radius 2 is 2.11 bits per heavy atom. The molecule has 0 radical (unpaired) electrons. The van der Waals surface area contributed by atoms with Crippen LogP contribution in [0.3, 0.4) is 0 Å². The summed E-state index contributed by atoms with van der Waals surface area (Å²) in [7, 11) is 0. The molecule has 2 rings (SSSR count). The number of hydrazone groups is 1. The van der Waals surface area contributed by atoms with Gasteiger partial charge < -0.3 is 5.32 Å². The van der Waals surface area contributed by atoms with Crippen LogP contribution in [0.15, 0.2) is 23.3 Å². The maximum atomic E-state index is 11.1.